The maximum absolute atomic E-state index is 12.2. The number of H-pyrrole nitrogens is 1. The summed E-state index contributed by atoms with van der Waals surface area (Å²) >= 11 is 1.68. The fraction of sp³-hybridized carbons (Fsp3) is 0.375. The van der Waals surface area contributed by atoms with Crippen molar-refractivity contribution in [3.8, 4) is 17.0 Å². The van der Waals surface area contributed by atoms with Gasteiger partial charge in [-0.05, 0) is 48.8 Å². The van der Waals surface area contributed by atoms with Crippen LogP contribution < -0.4 is 10.1 Å². The lowest BCUT2D eigenvalue weighted by molar-refractivity contribution is 0.0910. The fourth-order valence-corrected chi connectivity index (χ4v) is 2.60. The number of carbonyl (C=O) groups excluding carboxylic acids is 1. The molecule has 1 amide bonds. The number of methoxy groups -OCH3 is 1. The van der Waals surface area contributed by atoms with Gasteiger partial charge in [0, 0.05) is 5.56 Å². The molecule has 0 aliphatic carbocycles. The average molecular weight is 335 g/mol. The second-order valence-electron chi connectivity index (χ2n) is 5.03. The Morgan fingerprint density at radius 3 is 2.78 bits per heavy atom. The van der Waals surface area contributed by atoms with Crippen LogP contribution in [0.4, 0.5) is 0 Å². The highest BCUT2D eigenvalue weighted by atomic mass is 32.2. The first-order valence-corrected chi connectivity index (χ1v) is 8.67. The van der Waals surface area contributed by atoms with Gasteiger partial charge in [-0.1, -0.05) is 0 Å². The van der Waals surface area contributed by atoms with Crippen LogP contribution in [0.2, 0.25) is 0 Å². The van der Waals surface area contributed by atoms with Gasteiger partial charge in [0.25, 0.3) is 5.91 Å². The molecular formula is C16H21N3O3S. The van der Waals surface area contributed by atoms with Crippen molar-refractivity contribution in [3.05, 3.63) is 36.0 Å². The van der Waals surface area contributed by atoms with E-state index in [2.05, 4.69) is 15.5 Å². The Hall–Kier alpha value is -1.99. The number of aliphatic hydroxyl groups excluding tert-OH is 1. The summed E-state index contributed by atoms with van der Waals surface area (Å²) in [6.07, 6.45) is 2.72. The van der Waals surface area contributed by atoms with Crippen molar-refractivity contribution in [1.82, 2.24) is 15.5 Å². The first-order valence-electron chi connectivity index (χ1n) is 7.28. The maximum atomic E-state index is 12.2. The lowest BCUT2D eigenvalue weighted by Crippen LogP contribution is -2.38. The molecule has 1 heterocycles. The normalized spacial score (nSPS) is 12.0. The second-order valence-corrected chi connectivity index (χ2v) is 6.02. The number of aliphatic hydroxyl groups is 1. The minimum Gasteiger partial charge on any atom is -0.497 e. The predicted octanol–water partition coefficient (Wildman–Crippen LogP) is 1.93. The molecule has 0 unspecified atom stereocenters. The summed E-state index contributed by atoms with van der Waals surface area (Å²) in [5, 5.41) is 19.0. The Bertz CT molecular complexity index is 628. The van der Waals surface area contributed by atoms with Gasteiger partial charge in [0.2, 0.25) is 0 Å². The first-order chi connectivity index (χ1) is 11.2. The van der Waals surface area contributed by atoms with Crippen LogP contribution in [0.5, 0.6) is 5.75 Å². The molecule has 1 atom stereocenters. The molecule has 0 radical (unpaired) electrons. The third-order valence-corrected chi connectivity index (χ3v) is 4.08. The summed E-state index contributed by atoms with van der Waals surface area (Å²) in [6, 6.07) is 8.89. The van der Waals surface area contributed by atoms with E-state index in [4.69, 9.17) is 4.74 Å². The van der Waals surface area contributed by atoms with Crippen LogP contribution in [-0.2, 0) is 0 Å². The third-order valence-electron chi connectivity index (χ3n) is 3.43. The van der Waals surface area contributed by atoms with Crippen LogP contribution >= 0.6 is 11.8 Å². The molecule has 7 heteroatoms. The number of nitrogens with zero attached hydrogens (tertiary/aromatic N) is 1. The predicted molar refractivity (Wildman–Crippen MR) is 91.9 cm³/mol. The largest absolute Gasteiger partial charge is 0.497 e. The van der Waals surface area contributed by atoms with Gasteiger partial charge in [-0.25, -0.2) is 0 Å². The number of thioether (sulfide) groups is 1. The van der Waals surface area contributed by atoms with Crippen LogP contribution in [-0.4, -0.2) is 53.0 Å². The topological polar surface area (TPSA) is 87.2 Å². The number of aromatic amines is 1. The molecule has 0 aliphatic heterocycles. The van der Waals surface area contributed by atoms with Crippen LogP contribution in [0.1, 0.15) is 16.9 Å². The van der Waals surface area contributed by atoms with E-state index in [0.717, 1.165) is 23.5 Å². The van der Waals surface area contributed by atoms with Crippen molar-refractivity contribution < 1.29 is 14.6 Å². The lowest BCUT2D eigenvalue weighted by atomic mass is 10.1. The summed E-state index contributed by atoms with van der Waals surface area (Å²) < 4.78 is 5.12. The lowest BCUT2D eigenvalue weighted by Gasteiger charge is -2.14. The summed E-state index contributed by atoms with van der Waals surface area (Å²) in [6.45, 7) is -0.0776. The smallest absolute Gasteiger partial charge is 0.269 e. The summed E-state index contributed by atoms with van der Waals surface area (Å²) in [4.78, 5) is 12.2. The number of rotatable bonds is 8. The van der Waals surface area contributed by atoms with Gasteiger partial charge < -0.3 is 15.2 Å². The number of aromatic nitrogens is 2. The molecule has 3 N–H and O–H groups in total. The van der Waals surface area contributed by atoms with E-state index in [1.165, 1.54) is 0 Å². The van der Waals surface area contributed by atoms with Crippen LogP contribution in [0, 0.1) is 0 Å². The van der Waals surface area contributed by atoms with Crippen molar-refractivity contribution in [2.45, 2.75) is 12.5 Å². The highest BCUT2D eigenvalue weighted by Gasteiger charge is 2.15. The van der Waals surface area contributed by atoms with Gasteiger partial charge >= 0.3 is 0 Å². The molecule has 0 fully saturated rings. The zero-order chi connectivity index (χ0) is 16.7. The van der Waals surface area contributed by atoms with Gasteiger partial charge in [-0.15, -0.1) is 0 Å². The van der Waals surface area contributed by atoms with Gasteiger partial charge in [0.05, 0.1) is 25.5 Å². The molecule has 2 aromatic rings. The van der Waals surface area contributed by atoms with E-state index in [1.807, 2.05) is 30.5 Å². The summed E-state index contributed by atoms with van der Waals surface area (Å²) in [7, 11) is 1.61. The zero-order valence-electron chi connectivity index (χ0n) is 13.2. The van der Waals surface area contributed by atoms with Crippen molar-refractivity contribution in [2.24, 2.45) is 0 Å². The molecule has 0 spiro atoms. The summed E-state index contributed by atoms with van der Waals surface area (Å²) in [5.41, 5.74) is 1.95. The number of benzene rings is 1. The number of hydrogen-bond donors (Lipinski definition) is 3. The number of amides is 1. The molecule has 23 heavy (non-hydrogen) atoms. The Balaban J connectivity index is 2.03. The Labute approximate surface area is 139 Å². The van der Waals surface area contributed by atoms with Gasteiger partial charge in [-0.3, -0.25) is 9.89 Å². The Morgan fingerprint density at radius 1 is 1.43 bits per heavy atom. The Morgan fingerprint density at radius 2 is 2.17 bits per heavy atom. The molecule has 6 nitrogen and oxygen atoms in total. The molecule has 1 aromatic carbocycles. The number of nitrogens with one attached hydrogen (secondary N) is 2. The van der Waals surface area contributed by atoms with Gasteiger partial charge in [0.15, 0.2) is 0 Å². The molecular weight excluding hydrogens is 314 g/mol. The van der Waals surface area contributed by atoms with E-state index in [0.29, 0.717) is 11.4 Å². The number of carbonyl (C=O) groups is 1. The van der Waals surface area contributed by atoms with E-state index in [1.54, 1.807) is 24.9 Å². The van der Waals surface area contributed by atoms with Crippen molar-refractivity contribution >= 4 is 17.7 Å². The summed E-state index contributed by atoms with van der Waals surface area (Å²) in [5.74, 6) is 1.38. The number of hydrogen-bond acceptors (Lipinski definition) is 5. The van der Waals surface area contributed by atoms with E-state index >= 15 is 0 Å². The minimum absolute atomic E-state index is 0.0776. The van der Waals surface area contributed by atoms with E-state index < -0.39 is 0 Å². The van der Waals surface area contributed by atoms with E-state index in [-0.39, 0.29) is 18.6 Å². The SMILES string of the molecule is COc1ccc(-c2cc(C(=O)N[C@@H](CO)CCSC)[nH]n2)cc1. The quantitative estimate of drug-likeness (QED) is 0.686. The Kier molecular flexibility index (Phi) is 6.49. The highest BCUT2D eigenvalue weighted by Crippen LogP contribution is 2.21. The van der Waals surface area contributed by atoms with Crippen LogP contribution in [0.25, 0.3) is 11.3 Å². The van der Waals surface area contributed by atoms with Crippen LogP contribution in [0.15, 0.2) is 30.3 Å². The van der Waals surface area contributed by atoms with Gasteiger partial charge in [-0.2, -0.15) is 16.9 Å². The molecule has 0 aliphatic rings. The van der Waals surface area contributed by atoms with Crippen molar-refractivity contribution in [1.29, 1.82) is 0 Å². The molecule has 0 saturated carbocycles. The van der Waals surface area contributed by atoms with Crippen LogP contribution in [0.3, 0.4) is 0 Å². The fourth-order valence-electron chi connectivity index (χ4n) is 2.08. The highest BCUT2D eigenvalue weighted by molar-refractivity contribution is 7.98. The van der Waals surface area contributed by atoms with E-state index in [9.17, 15) is 9.90 Å². The molecule has 1 aromatic heterocycles. The first kappa shape index (κ1) is 17.4. The number of ether oxygens (including phenoxy) is 1. The third kappa shape index (κ3) is 4.74. The average Bonchev–Trinajstić information content (AvgIpc) is 3.08. The van der Waals surface area contributed by atoms with Crippen molar-refractivity contribution in [2.75, 3.05) is 25.7 Å². The second kappa shape index (κ2) is 8.59. The molecule has 0 bridgehead atoms. The molecule has 124 valence electrons. The van der Waals surface area contributed by atoms with Gasteiger partial charge in [0.1, 0.15) is 11.4 Å². The standard InChI is InChI=1S/C16H21N3O3S/c1-22-13-5-3-11(4-6-13)14-9-15(19-18-14)16(21)17-12(10-20)7-8-23-2/h3-6,9,12,20H,7-8,10H2,1-2H3,(H,17,21)(H,18,19)/t12-/m1/s1. The minimum atomic E-state index is -0.266. The monoisotopic (exact) mass is 335 g/mol. The molecule has 0 saturated heterocycles. The maximum Gasteiger partial charge on any atom is 0.269 e. The van der Waals surface area contributed by atoms with Crippen molar-refractivity contribution in [3.63, 3.8) is 0 Å². The zero-order valence-corrected chi connectivity index (χ0v) is 14.0. The molecule has 2 rings (SSSR count).